The summed E-state index contributed by atoms with van der Waals surface area (Å²) >= 11 is 3.30. The molecule has 120 valence electrons. The molecule has 2 aliphatic heterocycles. The molecule has 2 fully saturated rings. The van der Waals surface area contributed by atoms with Crippen LogP contribution in [0.25, 0.3) is 11.2 Å². The third kappa shape index (κ3) is 2.45. The summed E-state index contributed by atoms with van der Waals surface area (Å²) in [6.07, 6.45) is -2.08. The third-order valence-corrected chi connectivity index (χ3v) is 5.35. The molecule has 0 spiro atoms. The SMILES string of the molecule is [B][P+]1(O)OC[C@H]2O[C@@H](n3c(Br)nc4c(N)ncnc43)[C@H](O)[C@@H]2O1. The highest BCUT2D eigenvalue weighted by atomic mass is 79.9. The van der Waals surface area contributed by atoms with Crippen molar-refractivity contribution in [1.82, 2.24) is 19.5 Å². The lowest BCUT2D eigenvalue weighted by molar-refractivity contribution is -0.0610. The molecule has 4 N–H and O–H groups in total. The summed E-state index contributed by atoms with van der Waals surface area (Å²) in [6.45, 7) is 0.0143. The van der Waals surface area contributed by atoms with E-state index in [9.17, 15) is 10.00 Å². The van der Waals surface area contributed by atoms with Crippen molar-refractivity contribution in [2.75, 3.05) is 12.3 Å². The second kappa shape index (κ2) is 5.31. The Labute approximate surface area is 140 Å². The quantitative estimate of drug-likeness (QED) is 0.333. The number of nitrogens with zero attached hydrogens (tertiary/aromatic N) is 4. The van der Waals surface area contributed by atoms with Crippen LogP contribution in [-0.4, -0.2) is 62.0 Å². The predicted octanol–water partition coefficient (Wildman–Crippen LogP) is -0.317. The van der Waals surface area contributed by atoms with Crippen LogP contribution < -0.4 is 5.73 Å². The highest BCUT2D eigenvalue weighted by Crippen LogP contribution is 2.58. The number of ether oxygens (including phenoxy) is 1. The topological polar surface area (TPSA) is 138 Å². The number of aromatic nitrogens is 4. The van der Waals surface area contributed by atoms with Crippen LogP contribution in [0.5, 0.6) is 0 Å². The average molecular weight is 403 g/mol. The summed E-state index contributed by atoms with van der Waals surface area (Å²) in [5.41, 5.74) is 6.56. The van der Waals surface area contributed by atoms with Gasteiger partial charge in [-0.3, -0.25) is 4.57 Å². The third-order valence-electron chi connectivity index (χ3n) is 3.72. The fraction of sp³-hybridized carbons (Fsp3) is 0.500. The molecule has 0 amide bonds. The van der Waals surface area contributed by atoms with Gasteiger partial charge in [0.15, 0.2) is 34.0 Å². The summed E-state index contributed by atoms with van der Waals surface area (Å²) in [5, 5.41) is 10.5. The molecular weight excluding hydrogens is 392 g/mol. The zero-order valence-electron chi connectivity index (χ0n) is 11.5. The first-order valence-electron chi connectivity index (χ1n) is 6.58. The molecule has 13 heteroatoms. The van der Waals surface area contributed by atoms with Gasteiger partial charge in [0.2, 0.25) is 0 Å². The molecule has 2 aromatic rings. The number of aliphatic hydroxyl groups excluding tert-OH is 1. The number of halogens is 1. The second-order valence-corrected chi connectivity index (χ2v) is 7.47. The minimum atomic E-state index is -3.44. The Bertz CT molecular complexity index is 777. The van der Waals surface area contributed by atoms with Crippen LogP contribution in [0.1, 0.15) is 6.23 Å². The number of aliphatic hydroxyl groups is 1. The normalized spacial score (nSPS) is 37.2. The van der Waals surface area contributed by atoms with E-state index in [-0.39, 0.29) is 12.4 Å². The molecule has 2 aromatic heterocycles. The molecule has 2 radical (unpaired) electrons. The average Bonchev–Trinajstić information content (AvgIpc) is 2.97. The van der Waals surface area contributed by atoms with E-state index < -0.39 is 32.4 Å². The number of hydrogen-bond donors (Lipinski definition) is 3. The zero-order valence-corrected chi connectivity index (χ0v) is 14.0. The molecule has 1 unspecified atom stereocenters. The monoisotopic (exact) mass is 402 g/mol. The van der Waals surface area contributed by atoms with E-state index in [4.69, 9.17) is 27.1 Å². The molecule has 23 heavy (non-hydrogen) atoms. The molecular formula is C10H11BBrN5O5P+. The molecule has 5 atom stereocenters. The molecule has 0 bridgehead atoms. The Morgan fingerprint density at radius 3 is 3.04 bits per heavy atom. The van der Waals surface area contributed by atoms with Crippen molar-refractivity contribution in [1.29, 1.82) is 0 Å². The van der Waals surface area contributed by atoms with Gasteiger partial charge in [-0.2, -0.15) is 9.05 Å². The summed E-state index contributed by atoms with van der Waals surface area (Å²) in [7, 11) is 2.05. The van der Waals surface area contributed by atoms with E-state index >= 15 is 0 Å². The Kier molecular flexibility index (Phi) is 3.61. The van der Waals surface area contributed by atoms with E-state index in [1.54, 1.807) is 0 Å². The molecule has 4 heterocycles. The van der Waals surface area contributed by atoms with Crippen molar-refractivity contribution in [3.63, 3.8) is 0 Å². The molecule has 4 rings (SSSR count). The number of imidazole rings is 1. The highest BCUT2D eigenvalue weighted by molar-refractivity contribution is 9.10. The number of fused-ring (bicyclic) bond motifs is 2. The van der Waals surface area contributed by atoms with Gasteiger partial charge in [0.25, 0.3) is 0 Å². The minimum absolute atomic E-state index is 0.0143. The van der Waals surface area contributed by atoms with Crippen LogP contribution in [0.4, 0.5) is 5.82 Å². The van der Waals surface area contributed by atoms with Gasteiger partial charge in [0.1, 0.15) is 25.1 Å². The van der Waals surface area contributed by atoms with Crippen LogP contribution in [-0.2, 0) is 13.8 Å². The molecule has 0 aliphatic carbocycles. The zero-order chi connectivity index (χ0) is 16.4. The number of nitrogen functional groups attached to an aromatic ring is 1. The second-order valence-electron chi connectivity index (χ2n) is 5.17. The molecule has 0 aromatic carbocycles. The van der Waals surface area contributed by atoms with Crippen LogP contribution in [0.3, 0.4) is 0 Å². The van der Waals surface area contributed by atoms with E-state index in [1.807, 2.05) is 0 Å². The first kappa shape index (κ1) is 15.6. The maximum atomic E-state index is 10.5. The lowest BCUT2D eigenvalue weighted by Gasteiger charge is -2.27. The van der Waals surface area contributed by atoms with Gasteiger partial charge in [-0.25, -0.2) is 19.8 Å². The van der Waals surface area contributed by atoms with Gasteiger partial charge in [-0.1, -0.05) is 0 Å². The number of hydrogen-bond acceptors (Lipinski definition) is 9. The fourth-order valence-electron chi connectivity index (χ4n) is 2.71. The van der Waals surface area contributed by atoms with Crippen molar-refractivity contribution in [3.8, 4) is 0 Å². The Morgan fingerprint density at radius 1 is 1.48 bits per heavy atom. The highest BCUT2D eigenvalue weighted by Gasteiger charge is 2.57. The molecule has 2 aliphatic rings. The van der Waals surface area contributed by atoms with Crippen molar-refractivity contribution >= 4 is 48.3 Å². The number of rotatable bonds is 1. The molecule has 0 saturated carbocycles. The maximum Gasteiger partial charge on any atom is 0.488 e. The van der Waals surface area contributed by atoms with Crippen LogP contribution in [0.2, 0.25) is 0 Å². The predicted molar refractivity (Wildman–Crippen MR) is 83.1 cm³/mol. The first-order valence-corrected chi connectivity index (χ1v) is 9.02. The van der Waals surface area contributed by atoms with Crippen molar-refractivity contribution in [2.24, 2.45) is 0 Å². The van der Waals surface area contributed by atoms with Crippen LogP contribution in [0.15, 0.2) is 11.1 Å². The number of anilines is 1. The standard InChI is InChI=1S/C10H11BBrN5O5P/c11-23(19)20-1-3-6(22-23)5(18)9(21-3)17-8-4(16-10(17)12)7(13)14-2-15-8/h2-3,5-6,9,18-19H,1H2,(H2,13,14,15)/q+1/t3-,5-,6-,9-,23?/m1/s1. The van der Waals surface area contributed by atoms with Gasteiger partial charge >= 0.3 is 15.4 Å². The summed E-state index contributed by atoms with van der Waals surface area (Å²) in [6, 6.07) is 0. The van der Waals surface area contributed by atoms with Gasteiger partial charge in [-0.05, 0) is 15.9 Å². The van der Waals surface area contributed by atoms with E-state index in [0.717, 1.165) is 0 Å². The van der Waals surface area contributed by atoms with Crippen molar-refractivity contribution in [2.45, 2.75) is 24.5 Å². The molecule has 10 nitrogen and oxygen atoms in total. The maximum absolute atomic E-state index is 10.5. The van der Waals surface area contributed by atoms with Gasteiger partial charge in [-0.15, -0.1) is 0 Å². The van der Waals surface area contributed by atoms with E-state index in [0.29, 0.717) is 15.9 Å². The summed E-state index contributed by atoms with van der Waals surface area (Å²) in [5.74, 6) is 0.209. The lowest BCUT2D eigenvalue weighted by atomic mass is 10.1. The van der Waals surface area contributed by atoms with Crippen molar-refractivity contribution < 1.29 is 23.8 Å². The number of nitrogens with two attached hydrogens (primary N) is 1. The summed E-state index contributed by atoms with van der Waals surface area (Å²) in [4.78, 5) is 22.0. The first-order chi connectivity index (χ1) is 10.9. The Hall–Kier alpha value is -0.875. The minimum Gasteiger partial charge on any atom is -0.385 e. The van der Waals surface area contributed by atoms with Gasteiger partial charge in [0, 0.05) is 0 Å². The van der Waals surface area contributed by atoms with Crippen LogP contribution in [0, 0.1) is 0 Å². The van der Waals surface area contributed by atoms with Gasteiger partial charge < -0.3 is 15.6 Å². The Balaban J connectivity index is 1.75. The van der Waals surface area contributed by atoms with E-state index in [2.05, 4.69) is 30.9 Å². The van der Waals surface area contributed by atoms with Crippen molar-refractivity contribution in [3.05, 3.63) is 11.1 Å². The van der Waals surface area contributed by atoms with Crippen LogP contribution >= 0.6 is 23.8 Å². The molecule has 2 saturated heterocycles. The van der Waals surface area contributed by atoms with Gasteiger partial charge in [0.05, 0.1) is 0 Å². The van der Waals surface area contributed by atoms with E-state index in [1.165, 1.54) is 10.9 Å². The summed E-state index contributed by atoms with van der Waals surface area (Å²) < 4.78 is 18.0. The Morgan fingerprint density at radius 2 is 2.26 bits per heavy atom. The fourth-order valence-corrected chi connectivity index (χ4v) is 4.29. The largest absolute Gasteiger partial charge is 0.488 e. The smallest absolute Gasteiger partial charge is 0.385 e. The lowest BCUT2D eigenvalue weighted by Crippen LogP contribution is -2.40.